The van der Waals surface area contributed by atoms with E-state index in [0.717, 1.165) is 11.8 Å². The molecule has 0 aromatic carbocycles. The van der Waals surface area contributed by atoms with E-state index in [2.05, 4.69) is 33.4 Å². The largest absolute Gasteiger partial charge is 0.103 e. The average Bonchev–Trinajstić information content (AvgIpc) is 2.72. The van der Waals surface area contributed by atoms with Crippen LogP contribution in [0.1, 0.15) is 72.1 Å². The lowest BCUT2D eigenvalue weighted by Gasteiger charge is -2.53. The van der Waals surface area contributed by atoms with Gasteiger partial charge in [0.05, 0.1) is 0 Å². The predicted octanol–water partition coefficient (Wildman–Crippen LogP) is 5.59. The Morgan fingerprint density at radius 2 is 1.76 bits per heavy atom. The highest BCUT2D eigenvalue weighted by Crippen LogP contribution is 2.73. The molecule has 0 heteroatoms. The van der Waals surface area contributed by atoms with Gasteiger partial charge in [-0.2, -0.15) is 0 Å². The van der Waals surface area contributed by atoms with Crippen molar-refractivity contribution in [3.8, 4) is 0 Å². The number of rotatable bonds is 7. The lowest BCUT2D eigenvalue weighted by Crippen LogP contribution is -2.46. The van der Waals surface area contributed by atoms with Crippen molar-refractivity contribution in [3.05, 3.63) is 12.7 Å². The van der Waals surface area contributed by atoms with Crippen LogP contribution in [0.3, 0.4) is 0 Å². The van der Waals surface area contributed by atoms with Crippen LogP contribution >= 0.6 is 0 Å². The summed E-state index contributed by atoms with van der Waals surface area (Å²) in [4.78, 5) is 0. The van der Waals surface area contributed by atoms with Crippen LogP contribution in [0, 0.1) is 22.7 Å². The Hall–Kier alpha value is -0.260. The van der Waals surface area contributed by atoms with Gasteiger partial charge in [-0.3, -0.25) is 0 Å². The molecule has 98 valence electrons. The van der Waals surface area contributed by atoms with Crippen LogP contribution in [0.5, 0.6) is 0 Å². The summed E-state index contributed by atoms with van der Waals surface area (Å²) in [6, 6.07) is 0. The Balaban J connectivity index is 1.64. The minimum atomic E-state index is 0.639. The summed E-state index contributed by atoms with van der Waals surface area (Å²) in [7, 11) is 0. The zero-order valence-corrected chi connectivity index (χ0v) is 12.1. The molecule has 0 aromatic rings. The van der Waals surface area contributed by atoms with Crippen molar-refractivity contribution < 1.29 is 0 Å². The summed E-state index contributed by atoms with van der Waals surface area (Å²) < 4.78 is 0. The number of allylic oxidation sites excluding steroid dienone is 1. The van der Waals surface area contributed by atoms with Crippen molar-refractivity contribution in [2.45, 2.75) is 72.1 Å². The highest BCUT2D eigenvalue weighted by Gasteiger charge is 2.65. The van der Waals surface area contributed by atoms with Crippen LogP contribution in [-0.2, 0) is 0 Å². The van der Waals surface area contributed by atoms with E-state index in [1.165, 1.54) is 51.4 Å². The van der Waals surface area contributed by atoms with Crippen molar-refractivity contribution in [2.75, 3.05) is 0 Å². The zero-order valence-electron chi connectivity index (χ0n) is 12.1. The maximum atomic E-state index is 3.78. The first-order chi connectivity index (χ1) is 8.01. The van der Waals surface area contributed by atoms with Gasteiger partial charge >= 0.3 is 0 Å². The second-order valence-electron chi connectivity index (χ2n) is 7.34. The first-order valence-electron chi connectivity index (χ1n) is 7.62. The molecule has 3 aliphatic carbocycles. The molecule has 0 N–H and O–H groups in total. The van der Waals surface area contributed by atoms with E-state index < -0.39 is 0 Å². The summed E-state index contributed by atoms with van der Waals surface area (Å²) in [5.41, 5.74) is 1.33. The first-order valence-corrected chi connectivity index (χ1v) is 7.62. The molecular weight excluding hydrogens is 204 g/mol. The quantitative estimate of drug-likeness (QED) is 0.398. The Morgan fingerprint density at radius 1 is 1.06 bits per heavy atom. The molecule has 0 radical (unpaired) electrons. The fourth-order valence-electron chi connectivity index (χ4n) is 4.50. The van der Waals surface area contributed by atoms with E-state index in [1.807, 2.05) is 0 Å². The summed E-state index contributed by atoms with van der Waals surface area (Å²) in [6.07, 6.45) is 13.4. The smallest absolute Gasteiger partial charge is 0.0266 e. The Kier molecular flexibility index (Phi) is 3.71. The number of fused-ring (bicyclic) bond motifs is 1. The molecule has 0 spiro atoms. The van der Waals surface area contributed by atoms with Gasteiger partial charge in [0.2, 0.25) is 0 Å². The molecule has 0 saturated heterocycles. The standard InChI is InChI=1S/C17H30/c1-5-6-7-8-9-10-11-14-12-17(4)13-15(14)16(17,2)3/h5,14-15H,1,6-13H2,2-4H3. The maximum absolute atomic E-state index is 3.78. The Bertz CT molecular complexity index is 273. The third-order valence-corrected chi connectivity index (χ3v) is 6.17. The van der Waals surface area contributed by atoms with E-state index in [1.54, 1.807) is 0 Å². The molecule has 17 heavy (non-hydrogen) atoms. The molecule has 3 saturated carbocycles. The van der Waals surface area contributed by atoms with E-state index in [4.69, 9.17) is 0 Å². The second kappa shape index (κ2) is 4.78. The van der Waals surface area contributed by atoms with Gasteiger partial charge in [0, 0.05) is 0 Å². The van der Waals surface area contributed by atoms with Gasteiger partial charge in [-0.05, 0) is 48.3 Å². The van der Waals surface area contributed by atoms with Gasteiger partial charge in [-0.15, -0.1) is 6.58 Å². The number of hydrogen-bond acceptors (Lipinski definition) is 0. The van der Waals surface area contributed by atoms with Crippen molar-refractivity contribution in [2.24, 2.45) is 22.7 Å². The molecule has 2 bridgehead atoms. The summed E-state index contributed by atoms with van der Waals surface area (Å²) >= 11 is 0. The van der Waals surface area contributed by atoms with E-state index in [-0.39, 0.29) is 0 Å². The van der Waals surface area contributed by atoms with Crippen LogP contribution in [-0.4, -0.2) is 0 Å². The minimum Gasteiger partial charge on any atom is -0.103 e. The van der Waals surface area contributed by atoms with E-state index in [9.17, 15) is 0 Å². The third-order valence-electron chi connectivity index (χ3n) is 6.17. The summed E-state index contributed by atoms with van der Waals surface area (Å²) in [6.45, 7) is 11.3. The normalized spacial score (nSPS) is 37.8. The van der Waals surface area contributed by atoms with Crippen LogP contribution in [0.15, 0.2) is 12.7 Å². The molecule has 3 unspecified atom stereocenters. The van der Waals surface area contributed by atoms with Gasteiger partial charge in [-0.25, -0.2) is 0 Å². The molecule has 0 aliphatic heterocycles. The average molecular weight is 234 g/mol. The topological polar surface area (TPSA) is 0 Å². The highest BCUT2D eigenvalue weighted by atomic mass is 14.7. The zero-order chi connectivity index (χ0) is 12.5. The second-order valence-corrected chi connectivity index (χ2v) is 7.34. The Morgan fingerprint density at radius 3 is 2.29 bits per heavy atom. The lowest BCUT2D eigenvalue weighted by atomic mass is 9.51. The number of unbranched alkanes of at least 4 members (excludes halogenated alkanes) is 4. The molecule has 3 aliphatic rings. The van der Waals surface area contributed by atoms with Crippen molar-refractivity contribution in [1.29, 1.82) is 0 Å². The van der Waals surface area contributed by atoms with E-state index >= 15 is 0 Å². The monoisotopic (exact) mass is 234 g/mol. The van der Waals surface area contributed by atoms with Crippen LogP contribution in [0.4, 0.5) is 0 Å². The predicted molar refractivity (Wildman–Crippen MR) is 76.0 cm³/mol. The molecule has 0 heterocycles. The van der Waals surface area contributed by atoms with E-state index in [0.29, 0.717) is 10.8 Å². The van der Waals surface area contributed by atoms with Gasteiger partial charge in [-0.1, -0.05) is 52.5 Å². The third kappa shape index (κ3) is 2.20. The lowest BCUT2D eigenvalue weighted by molar-refractivity contribution is -0.0464. The first kappa shape index (κ1) is 13.2. The molecule has 0 nitrogen and oxygen atoms in total. The van der Waals surface area contributed by atoms with Crippen LogP contribution < -0.4 is 0 Å². The summed E-state index contributed by atoms with van der Waals surface area (Å²) in [5.74, 6) is 2.09. The van der Waals surface area contributed by atoms with Crippen LogP contribution in [0.2, 0.25) is 0 Å². The molecule has 0 aromatic heterocycles. The van der Waals surface area contributed by atoms with Gasteiger partial charge in [0.1, 0.15) is 0 Å². The summed E-state index contributed by atoms with van der Waals surface area (Å²) in [5, 5.41) is 0. The molecule has 3 rings (SSSR count). The van der Waals surface area contributed by atoms with Crippen molar-refractivity contribution in [3.63, 3.8) is 0 Å². The minimum absolute atomic E-state index is 0.639. The molecule has 3 fully saturated rings. The van der Waals surface area contributed by atoms with Gasteiger partial charge < -0.3 is 0 Å². The molecule has 0 amide bonds. The molecule has 3 atom stereocenters. The molecular formula is C17H30. The van der Waals surface area contributed by atoms with Gasteiger partial charge in [0.25, 0.3) is 0 Å². The fraction of sp³-hybridized carbons (Fsp3) is 0.882. The van der Waals surface area contributed by atoms with Crippen molar-refractivity contribution in [1.82, 2.24) is 0 Å². The fourth-order valence-corrected chi connectivity index (χ4v) is 4.50. The Labute approximate surface area is 108 Å². The number of hydrogen-bond donors (Lipinski definition) is 0. The maximum Gasteiger partial charge on any atom is -0.0266 e. The highest BCUT2D eigenvalue weighted by molar-refractivity contribution is 5.14. The van der Waals surface area contributed by atoms with Gasteiger partial charge in [0.15, 0.2) is 0 Å². The SMILES string of the molecule is C=CCCCCCCC1CC2(C)CC1C2(C)C. The van der Waals surface area contributed by atoms with Crippen LogP contribution in [0.25, 0.3) is 0 Å². The van der Waals surface area contributed by atoms with Crippen molar-refractivity contribution >= 4 is 0 Å².